The summed E-state index contributed by atoms with van der Waals surface area (Å²) in [7, 11) is 1.86. The van der Waals surface area contributed by atoms with Gasteiger partial charge in [0.1, 0.15) is 5.75 Å². The standard InChI is InChI=1S/C25H30BrN3O3S/c1-16(2)32-22-14-13-17(26)15-20(22)23(30)28-25(33)27-21-12-8-7-11-19(21)24(31)29(3)18-9-5-4-6-10-18/h7-8,11-16,18H,4-6,9-10H2,1-3H3,(H2,27,28,30,33). The summed E-state index contributed by atoms with van der Waals surface area (Å²) in [4.78, 5) is 28.0. The summed E-state index contributed by atoms with van der Waals surface area (Å²) in [6, 6.07) is 12.7. The van der Waals surface area contributed by atoms with Gasteiger partial charge in [0.15, 0.2) is 5.11 Å². The lowest BCUT2D eigenvalue weighted by Crippen LogP contribution is -2.39. The summed E-state index contributed by atoms with van der Waals surface area (Å²) in [5.74, 6) is 0.0181. The predicted molar refractivity (Wildman–Crippen MR) is 139 cm³/mol. The highest BCUT2D eigenvalue weighted by Gasteiger charge is 2.25. The first-order chi connectivity index (χ1) is 15.8. The molecular formula is C25H30BrN3O3S. The van der Waals surface area contributed by atoms with Gasteiger partial charge in [-0.1, -0.05) is 47.3 Å². The number of benzene rings is 2. The lowest BCUT2D eigenvalue weighted by molar-refractivity contribution is 0.0697. The van der Waals surface area contributed by atoms with Crippen LogP contribution in [0.15, 0.2) is 46.9 Å². The molecule has 1 aliphatic carbocycles. The Morgan fingerprint density at radius 1 is 1.09 bits per heavy atom. The molecule has 2 N–H and O–H groups in total. The van der Waals surface area contributed by atoms with E-state index in [1.54, 1.807) is 24.3 Å². The Balaban J connectivity index is 1.72. The molecule has 0 spiro atoms. The smallest absolute Gasteiger partial charge is 0.261 e. The van der Waals surface area contributed by atoms with Crippen LogP contribution in [-0.4, -0.2) is 41.0 Å². The van der Waals surface area contributed by atoms with Crippen molar-refractivity contribution >= 4 is 50.8 Å². The molecule has 0 aliphatic heterocycles. The van der Waals surface area contributed by atoms with Crippen LogP contribution >= 0.6 is 28.1 Å². The Kier molecular flexibility index (Phi) is 8.86. The largest absolute Gasteiger partial charge is 0.490 e. The van der Waals surface area contributed by atoms with Crippen molar-refractivity contribution in [3.05, 3.63) is 58.1 Å². The van der Waals surface area contributed by atoms with Crippen LogP contribution in [0.4, 0.5) is 5.69 Å². The second kappa shape index (κ2) is 11.6. The number of ether oxygens (including phenoxy) is 1. The van der Waals surface area contributed by atoms with Crippen LogP contribution in [0.1, 0.15) is 66.7 Å². The normalized spacial score (nSPS) is 14.0. The Morgan fingerprint density at radius 2 is 1.79 bits per heavy atom. The van der Waals surface area contributed by atoms with Gasteiger partial charge in [-0.25, -0.2) is 0 Å². The predicted octanol–water partition coefficient (Wildman–Crippen LogP) is 5.77. The zero-order chi connectivity index (χ0) is 24.0. The maximum absolute atomic E-state index is 13.2. The van der Waals surface area contributed by atoms with E-state index in [1.807, 2.05) is 44.0 Å². The summed E-state index contributed by atoms with van der Waals surface area (Å²) < 4.78 is 6.51. The Bertz CT molecular complexity index is 1020. The maximum atomic E-state index is 13.2. The van der Waals surface area contributed by atoms with Crippen molar-refractivity contribution in [3.63, 3.8) is 0 Å². The van der Waals surface area contributed by atoms with Crippen molar-refractivity contribution in [2.24, 2.45) is 0 Å². The SMILES string of the molecule is CC(C)Oc1ccc(Br)cc1C(=O)NC(=S)Nc1ccccc1C(=O)N(C)C1CCCCC1. The van der Waals surface area contributed by atoms with Gasteiger partial charge in [0.25, 0.3) is 11.8 Å². The molecule has 0 aromatic heterocycles. The van der Waals surface area contributed by atoms with Gasteiger partial charge < -0.3 is 15.0 Å². The average Bonchev–Trinajstić information content (AvgIpc) is 2.79. The fraction of sp³-hybridized carbons (Fsp3) is 0.400. The van der Waals surface area contributed by atoms with Gasteiger partial charge in [-0.3, -0.25) is 14.9 Å². The number of nitrogens with zero attached hydrogens (tertiary/aromatic N) is 1. The molecule has 0 saturated heterocycles. The molecule has 1 fully saturated rings. The molecule has 33 heavy (non-hydrogen) atoms. The molecule has 176 valence electrons. The summed E-state index contributed by atoms with van der Waals surface area (Å²) in [6.07, 6.45) is 5.50. The van der Waals surface area contributed by atoms with Crippen molar-refractivity contribution in [1.29, 1.82) is 0 Å². The fourth-order valence-electron chi connectivity index (χ4n) is 3.96. The minimum absolute atomic E-state index is 0.0567. The van der Waals surface area contributed by atoms with Crippen LogP contribution in [0.2, 0.25) is 0 Å². The average molecular weight is 533 g/mol. The van der Waals surface area contributed by atoms with Crippen LogP contribution in [0.3, 0.4) is 0 Å². The molecule has 0 bridgehead atoms. The maximum Gasteiger partial charge on any atom is 0.261 e. The van der Waals surface area contributed by atoms with E-state index in [0.29, 0.717) is 22.6 Å². The van der Waals surface area contributed by atoms with Crippen LogP contribution in [-0.2, 0) is 0 Å². The molecule has 3 rings (SSSR count). The Hall–Kier alpha value is -2.45. The Labute approximate surface area is 209 Å². The van der Waals surface area contributed by atoms with Crippen molar-refractivity contribution < 1.29 is 14.3 Å². The monoisotopic (exact) mass is 531 g/mol. The molecular weight excluding hydrogens is 502 g/mol. The second-order valence-electron chi connectivity index (χ2n) is 8.47. The molecule has 0 atom stereocenters. The Morgan fingerprint density at radius 3 is 2.48 bits per heavy atom. The van der Waals surface area contributed by atoms with Gasteiger partial charge in [0, 0.05) is 17.6 Å². The number of hydrogen-bond acceptors (Lipinski definition) is 4. The summed E-state index contributed by atoms with van der Waals surface area (Å²) in [5, 5.41) is 5.83. The van der Waals surface area contributed by atoms with E-state index >= 15 is 0 Å². The molecule has 1 aliphatic rings. The molecule has 2 amide bonds. The van der Waals surface area contributed by atoms with Gasteiger partial charge in [-0.15, -0.1) is 0 Å². The third kappa shape index (κ3) is 6.77. The number of carbonyl (C=O) groups excluding carboxylic acids is 2. The van der Waals surface area contributed by atoms with E-state index in [4.69, 9.17) is 17.0 Å². The molecule has 0 unspecified atom stereocenters. The third-order valence-corrected chi connectivity index (χ3v) is 6.32. The number of rotatable bonds is 6. The number of amides is 2. The summed E-state index contributed by atoms with van der Waals surface area (Å²) >= 11 is 8.79. The topological polar surface area (TPSA) is 70.7 Å². The number of carbonyl (C=O) groups is 2. The lowest BCUT2D eigenvalue weighted by atomic mass is 9.94. The first-order valence-electron chi connectivity index (χ1n) is 11.2. The summed E-state index contributed by atoms with van der Waals surface area (Å²) in [5.41, 5.74) is 1.44. The van der Waals surface area contributed by atoms with Crippen LogP contribution in [0, 0.1) is 0 Å². The van der Waals surface area contributed by atoms with E-state index < -0.39 is 5.91 Å². The van der Waals surface area contributed by atoms with Crippen molar-refractivity contribution in [2.45, 2.75) is 58.1 Å². The third-order valence-electron chi connectivity index (χ3n) is 5.62. The van der Waals surface area contributed by atoms with E-state index in [9.17, 15) is 9.59 Å². The van der Waals surface area contributed by atoms with Crippen molar-refractivity contribution in [3.8, 4) is 5.75 Å². The zero-order valence-electron chi connectivity index (χ0n) is 19.2. The van der Waals surface area contributed by atoms with Crippen molar-refractivity contribution in [1.82, 2.24) is 10.2 Å². The number of thiocarbonyl (C=S) groups is 1. The van der Waals surface area contributed by atoms with E-state index in [0.717, 1.165) is 30.2 Å². The first kappa shape index (κ1) is 25.2. The van der Waals surface area contributed by atoms with Gasteiger partial charge in [-0.05, 0) is 69.2 Å². The number of halogens is 1. The molecule has 0 radical (unpaired) electrons. The zero-order valence-corrected chi connectivity index (χ0v) is 21.6. The van der Waals surface area contributed by atoms with Gasteiger partial charge in [-0.2, -0.15) is 0 Å². The van der Waals surface area contributed by atoms with Crippen LogP contribution < -0.4 is 15.4 Å². The number of hydrogen-bond donors (Lipinski definition) is 2. The van der Waals surface area contributed by atoms with Crippen LogP contribution in [0.25, 0.3) is 0 Å². The lowest BCUT2D eigenvalue weighted by Gasteiger charge is -2.31. The highest BCUT2D eigenvalue weighted by Crippen LogP contribution is 2.26. The number of nitrogens with one attached hydrogen (secondary N) is 2. The molecule has 6 nitrogen and oxygen atoms in total. The highest BCUT2D eigenvalue weighted by molar-refractivity contribution is 9.10. The van der Waals surface area contributed by atoms with E-state index in [-0.39, 0.29) is 23.2 Å². The quantitative estimate of drug-likeness (QED) is 0.463. The number of anilines is 1. The summed E-state index contributed by atoms with van der Waals surface area (Å²) in [6.45, 7) is 3.79. The highest BCUT2D eigenvalue weighted by atomic mass is 79.9. The van der Waals surface area contributed by atoms with Gasteiger partial charge in [0.05, 0.1) is 22.9 Å². The first-order valence-corrected chi connectivity index (χ1v) is 12.4. The molecule has 2 aromatic rings. The van der Waals surface area contributed by atoms with Gasteiger partial charge in [0.2, 0.25) is 0 Å². The number of para-hydroxylation sites is 1. The minimum atomic E-state index is -0.396. The molecule has 2 aromatic carbocycles. The second-order valence-corrected chi connectivity index (χ2v) is 9.79. The van der Waals surface area contributed by atoms with Crippen molar-refractivity contribution in [2.75, 3.05) is 12.4 Å². The van der Waals surface area contributed by atoms with E-state index in [1.165, 1.54) is 6.42 Å². The molecule has 0 heterocycles. The molecule has 1 saturated carbocycles. The molecule has 8 heteroatoms. The van der Waals surface area contributed by atoms with E-state index in [2.05, 4.69) is 26.6 Å². The minimum Gasteiger partial charge on any atom is -0.490 e. The van der Waals surface area contributed by atoms with Gasteiger partial charge >= 0.3 is 0 Å². The fourth-order valence-corrected chi connectivity index (χ4v) is 4.53. The van der Waals surface area contributed by atoms with Crippen LogP contribution in [0.5, 0.6) is 5.75 Å².